The van der Waals surface area contributed by atoms with Gasteiger partial charge < -0.3 is 15.2 Å². The van der Waals surface area contributed by atoms with Crippen LogP contribution in [0.2, 0.25) is 0 Å². The molecule has 0 bridgehead atoms. The number of carbonyl (C=O) groups is 1. The molecule has 2 N–H and O–H groups in total. The van der Waals surface area contributed by atoms with Gasteiger partial charge in [-0.3, -0.25) is 4.98 Å². The number of aliphatic hydroxyl groups excluding tert-OH is 1. The number of aliphatic hydroxyl groups is 1. The van der Waals surface area contributed by atoms with Crippen molar-refractivity contribution in [2.75, 3.05) is 13.2 Å². The summed E-state index contributed by atoms with van der Waals surface area (Å²) in [5.41, 5.74) is 0.984. The van der Waals surface area contributed by atoms with E-state index >= 15 is 0 Å². The van der Waals surface area contributed by atoms with E-state index in [0.29, 0.717) is 12.5 Å². The van der Waals surface area contributed by atoms with Gasteiger partial charge in [-0.1, -0.05) is 0 Å². The molecule has 1 aromatic heterocycles. The zero-order valence-electron chi connectivity index (χ0n) is 12.9. The summed E-state index contributed by atoms with van der Waals surface area (Å²) in [6, 6.07) is 0. The third-order valence-electron chi connectivity index (χ3n) is 3.75. The van der Waals surface area contributed by atoms with E-state index in [1.54, 1.807) is 16.8 Å². The topological polar surface area (TPSA) is 71.5 Å². The number of alkyl carbamates (subject to hydrolysis) is 1. The SMILES string of the molecule is CC(C)(C)OC(=O)NCC(CO)(Cc1cncs1)C1CC1. The van der Waals surface area contributed by atoms with Gasteiger partial charge in [-0.15, -0.1) is 11.3 Å². The summed E-state index contributed by atoms with van der Waals surface area (Å²) < 4.78 is 5.27. The monoisotopic (exact) mass is 312 g/mol. The zero-order valence-corrected chi connectivity index (χ0v) is 13.7. The summed E-state index contributed by atoms with van der Waals surface area (Å²) in [6.45, 7) is 6.00. The number of thiazole rings is 1. The van der Waals surface area contributed by atoms with Crippen molar-refractivity contribution in [3.63, 3.8) is 0 Å². The van der Waals surface area contributed by atoms with Crippen molar-refractivity contribution in [1.29, 1.82) is 0 Å². The molecule has 0 aliphatic heterocycles. The van der Waals surface area contributed by atoms with E-state index in [-0.39, 0.29) is 12.0 Å². The van der Waals surface area contributed by atoms with E-state index in [4.69, 9.17) is 4.74 Å². The fourth-order valence-corrected chi connectivity index (χ4v) is 3.28. The lowest BCUT2D eigenvalue weighted by atomic mass is 9.79. The third-order valence-corrected chi connectivity index (χ3v) is 4.53. The standard InChI is InChI=1S/C15H24N2O3S/c1-14(2,3)20-13(19)17-8-15(9-18,11-4-5-11)6-12-7-16-10-21-12/h7,10-11,18H,4-6,8-9H2,1-3H3,(H,17,19). The largest absolute Gasteiger partial charge is 0.444 e. The normalized spacial score (nSPS) is 18.1. The molecule has 1 aromatic rings. The van der Waals surface area contributed by atoms with Crippen LogP contribution in [-0.2, 0) is 11.2 Å². The van der Waals surface area contributed by atoms with Crippen molar-refractivity contribution in [3.05, 3.63) is 16.6 Å². The van der Waals surface area contributed by atoms with E-state index in [0.717, 1.165) is 24.1 Å². The van der Waals surface area contributed by atoms with Gasteiger partial charge in [-0.05, 0) is 46.0 Å². The Morgan fingerprint density at radius 1 is 1.52 bits per heavy atom. The highest BCUT2D eigenvalue weighted by Gasteiger charge is 2.45. The number of hydrogen-bond donors (Lipinski definition) is 2. The van der Waals surface area contributed by atoms with Crippen LogP contribution >= 0.6 is 11.3 Å². The van der Waals surface area contributed by atoms with E-state index in [1.807, 2.05) is 27.0 Å². The number of hydrogen-bond acceptors (Lipinski definition) is 5. The van der Waals surface area contributed by atoms with Crippen LogP contribution in [0, 0.1) is 11.3 Å². The summed E-state index contributed by atoms with van der Waals surface area (Å²) in [4.78, 5) is 17.1. The summed E-state index contributed by atoms with van der Waals surface area (Å²) in [7, 11) is 0. The van der Waals surface area contributed by atoms with Crippen molar-refractivity contribution in [1.82, 2.24) is 10.3 Å². The van der Waals surface area contributed by atoms with Crippen molar-refractivity contribution in [3.8, 4) is 0 Å². The Balaban J connectivity index is 1.98. The molecular weight excluding hydrogens is 288 g/mol. The number of nitrogens with one attached hydrogen (secondary N) is 1. The van der Waals surface area contributed by atoms with Crippen LogP contribution in [0.4, 0.5) is 4.79 Å². The minimum absolute atomic E-state index is 0.0609. The number of ether oxygens (including phenoxy) is 1. The minimum Gasteiger partial charge on any atom is -0.444 e. The van der Waals surface area contributed by atoms with Gasteiger partial charge in [0.25, 0.3) is 0 Å². The molecule has 2 rings (SSSR count). The van der Waals surface area contributed by atoms with E-state index in [9.17, 15) is 9.90 Å². The van der Waals surface area contributed by atoms with E-state index in [1.165, 1.54) is 0 Å². The van der Waals surface area contributed by atoms with Gasteiger partial charge in [-0.2, -0.15) is 0 Å². The maximum absolute atomic E-state index is 11.8. The second kappa shape index (κ2) is 6.32. The van der Waals surface area contributed by atoms with E-state index in [2.05, 4.69) is 10.3 Å². The zero-order chi connectivity index (χ0) is 15.5. The molecule has 1 atom stereocenters. The Morgan fingerprint density at radius 3 is 2.71 bits per heavy atom. The Bertz CT molecular complexity index is 466. The predicted molar refractivity (Wildman–Crippen MR) is 82.3 cm³/mol. The lowest BCUT2D eigenvalue weighted by Crippen LogP contribution is -2.44. The number of carbonyl (C=O) groups excluding carboxylic acids is 1. The highest BCUT2D eigenvalue weighted by molar-refractivity contribution is 7.09. The highest BCUT2D eigenvalue weighted by atomic mass is 32.1. The first-order valence-electron chi connectivity index (χ1n) is 7.30. The lowest BCUT2D eigenvalue weighted by Gasteiger charge is -2.32. The first kappa shape index (κ1) is 16.2. The number of aromatic nitrogens is 1. The van der Waals surface area contributed by atoms with Gasteiger partial charge in [0.05, 0.1) is 12.1 Å². The highest BCUT2D eigenvalue weighted by Crippen LogP contribution is 2.47. The second-order valence-electron chi connectivity index (χ2n) is 6.79. The summed E-state index contributed by atoms with van der Waals surface area (Å²) >= 11 is 1.59. The van der Waals surface area contributed by atoms with Crippen LogP contribution in [0.1, 0.15) is 38.5 Å². The molecule has 6 heteroatoms. The van der Waals surface area contributed by atoms with Crippen molar-refractivity contribution in [2.45, 2.75) is 45.6 Å². The van der Waals surface area contributed by atoms with Crippen LogP contribution in [0.25, 0.3) is 0 Å². The van der Waals surface area contributed by atoms with Crippen molar-refractivity contribution < 1.29 is 14.6 Å². The predicted octanol–water partition coefficient (Wildman–Crippen LogP) is 2.60. The van der Waals surface area contributed by atoms with Crippen LogP contribution in [0.3, 0.4) is 0 Å². The fraction of sp³-hybridized carbons (Fsp3) is 0.733. The van der Waals surface area contributed by atoms with Gasteiger partial charge in [-0.25, -0.2) is 4.79 Å². The molecule has 1 heterocycles. The maximum Gasteiger partial charge on any atom is 0.407 e. The summed E-state index contributed by atoms with van der Waals surface area (Å²) in [5, 5.41) is 12.8. The second-order valence-corrected chi connectivity index (χ2v) is 7.77. The average molecular weight is 312 g/mol. The molecule has 1 fully saturated rings. The van der Waals surface area contributed by atoms with Crippen LogP contribution in [0.5, 0.6) is 0 Å². The molecule has 1 aliphatic rings. The molecule has 0 saturated heterocycles. The number of nitrogens with zero attached hydrogens (tertiary/aromatic N) is 1. The van der Waals surface area contributed by atoms with Gasteiger partial charge >= 0.3 is 6.09 Å². The maximum atomic E-state index is 11.8. The molecule has 0 spiro atoms. The molecule has 21 heavy (non-hydrogen) atoms. The molecule has 1 aliphatic carbocycles. The first-order valence-corrected chi connectivity index (χ1v) is 8.18. The summed E-state index contributed by atoms with van der Waals surface area (Å²) in [5.74, 6) is 0.458. The molecule has 1 unspecified atom stereocenters. The average Bonchev–Trinajstić information content (AvgIpc) is 3.12. The Labute approximate surface area is 129 Å². The van der Waals surface area contributed by atoms with E-state index < -0.39 is 11.7 Å². The van der Waals surface area contributed by atoms with Crippen LogP contribution < -0.4 is 5.32 Å². The van der Waals surface area contributed by atoms with Crippen molar-refractivity contribution >= 4 is 17.4 Å². The smallest absolute Gasteiger partial charge is 0.407 e. The van der Waals surface area contributed by atoms with Gasteiger partial charge in [0.2, 0.25) is 0 Å². The van der Waals surface area contributed by atoms with Crippen LogP contribution in [0.15, 0.2) is 11.7 Å². The molecule has 1 saturated carbocycles. The van der Waals surface area contributed by atoms with Crippen molar-refractivity contribution in [2.24, 2.45) is 11.3 Å². The van der Waals surface area contributed by atoms with Gasteiger partial charge in [0, 0.05) is 23.0 Å². The molecule has 0 aromatic carbocycles. The van der Waals surface area contributed by atoms with Gasteiger partial charge in [0.1, 0.15) is 5.60 Å². The first-order chi connectivity index (χ1) is 9.85. The summed E-state index contributed by atoms with van der Waals surface area (Å²) in [6.07, 6.45) is 4.37. The lowest BCUT2D eigenvalue weighted by molar-refractivity contribution is 0.0440. The molecule has 5 nitrogen and oxygen atoms in total. The Hall–Kier alpha value is -1.14. The molecule has 0 radical (unpaired) electrons. The van der Waals surface area contributed by atoms with Gasteiger partial charge in [0.15, 0.2) is 0 Å². The number of rotatable bonds is 6. The third kappa shape index (κ3) is 4.68. The minimum atomic E-state index is -0.511. The molecule has 118 valence electrons. The molecular formula is C15H24N2O3S. The number of amides is 1. The Morgan fingerprint density at radius 2 is 2.24 bits per heavy atom. The van der Waals surface area contributed by atoms with Crippen LogP contribution in [-0.4, -0.2) is 34.9 Å². The Kier molecular flexibility index (Phi) is 4.88. The quantitative estimate of drug-likeness (QED) is 0.847. The molecule has 1 amide bonds. The fourth-order valence-electron chi connectivity index (χ4n) is 2.53.